The predicted octanol–water partition coefficient (Wildman–Crippen LogP) is 3.32. The molecule has 28 heavy (non-hydrogen) atoms. The molecule has 2 amide bonds. The number of hydrogen-bond donors (Lipinski definition) is 2. The number of amides is 2. The van der Waals surface area contributed by atoms with E-state index in [-0.39, 0.29) is 11.4 Å². The molecule has 0 bridgehead atoms. The Labute approximate surface area is 173 Å². The highest BCUT2D eigenvalue weighted by atomic mass is 79.9. The van der Waals surface area contributed by atoms with Crippen molar-refractivity contribution in [3.63, 3.8) is 0 Å². The zero-order valence-electron chi connectivity index (χ0n) is 16.0. The van der Waals surface area contributed by atoms with Crippen molar-refractivity contribution in [3.05, 3.63) is 58.6 Å². The van der Waals surface area contributed by atoms with Crippen LogP contribution in [-0.4, -0.2) is 31.5 Å². The molecule has 0 atom stereocenters. The van der Waals surface area contributed by atoms with Gasteiger partial charge in [0.2, 0.25) is 11.8 Å². The Bertz CT molecular complexity index is 970. The number of hydrogen-bond acceptors (Lipinski definition) is 4. The van der Waals surface area contributed by atoms with Gasteiger partial charge in [0, 0.05) is 10.2 Å². The standard InChI is InChI=1S/C20H23BrN2O4S/c1-4-14-7-5-6-8-17(14)23-18(24)13-22-19(25)20(2,3)28(26,27)16-11-9-15(21)10-12-16/h5-12H,4,13H2,1-3H3,(H,22,25)(H,23,24). The molecule has 0 aliphatic carbocycles. The van der Waals surface area contributed by atoms with Gasteiger partial charge in [-0.3, -0.25) is 9.59 Å². The van der Waals surface area contributed by atoms with Crippen LogP contribution in [0.15, 0.2) is 57.9 Å². The maximum absolute atomic E-state index is 12.8. The summed E-state index contributed by atoms with van der Waals surface area (Å²) in [6.45, 7) is 4.30. The van der Waals surface area contributed by atoms with Crippen LogP contribution in [0.1, 0.15) is 26.3 Å². The zero-order valence-corrected chi connectivity index (χ0v) is 18.4. The van der Waals surface area contributed by atoms with Crippen LogP contribution in [0.4, 0.5) is 5.69 Å². The minimum absolute atomic E-state index is 0.0391. The van der Waals surface area contributed by atoms with Crippen LogP contribution < -0.4 is 10.6 Å². The Morgan fingerprint density at radius 2 is 1.64 bits per heavy atom. The van der Waals surface area contributed by atoms with Crippen molar-refractivity contribution >= 4 is 43.3 Å². The number of carbonyl (C=O) groups is 2. The molecule has 0 aromatic heterocycles. The molecular weight excluding hydrogens is 444 g/mol. The van der Waals surface area contributed by atoms with Crippen molar-refractivity contribution in [2.75, 3.05) is 11.9 Å². The summed E-state index contributed by atoms with van der Waals surface area (Å²) in [6.07, 6.45) is 0.751. The number of halogens is 1. The number of carbonyl (C=O) groups excluding carboxylic acids is 2. The van der Waals surface area contributed by atoms with Gasteiger partial charge in [-0.15, -0.1) is 0 Å². The molecule has 2 aromatic carbocycles. The van der Waals surface area contributed by atoms with Gasteiger partial charge in [-0.2, -0.15) is 0 Å². The van der Waals surface area contributed by atoms with E-state index in [2.05, 4.69) is 26.6 Å². The van der Waals surface area contributed by atoms with Crippen LogP contribution in [0.25, 0.3) is 0 Å². The van der Waals surface area contributed by atoms with Gasteiger partial charge >= 0.3 is 0 Å². The van der Waals surface area contributed by atoms with Gasteiger partial charge in [0.1, 0.15) is 4.75 Å². The molecule has 2 aromatic rings. The smallest absolute Gasteiger partial charge is 0.243 e. The second kappa shape index (κ2) is 8.87. The fraction of sp³-hybridized carbons (Fsp3) is 0.300. The van der Waals surface area contributed by atoms with Gasteiger partial charge in [0.15, 0.2) is 9.84 Å². The molecule has 0 spiro atoms. The third-order valence-electron chi connectivity index (χ3n) is 4.42. The second-order valence-electron chi connectivity index (χ2n) is 6.71. The molecule has 0 radical (unpaired) electrons. The third kappa shape index (κ3) is 4.80. The summed E-state index contributed by atoms with van der Waals surface area (Å²) in [6, 6.07) is 13.4. The Morgan fingerprint density at radius 1 is 1.04 bits per heavy atom. The van der Waals surface area contributed by atoms with Crippen LogP contribution in [-0.2, 0) is 25.8 Å². The van der Waals surface area contributed by atoms with E-state index in [4.69, 9.17) is 0 Å². The number of benzene rings is 2. The minimum atomic E-state index is -3.94. The van der Waals surface area contributed by atoms with Gasteiger partial charge in [0.05, 0.1) is 11.4 Å². The molecule has 150 valence electrons. The summed E-state index contributed by atoms with van der Waals surface area (Å²) in [5.74, 6) is -1.17. The molecular formula is C20H23BrN2O4S. The molecule has 0 fully saturated rings. The van der Waals surface area contributed by atoms with Gasteiger partial charge in [-0.1, -0.05) is 41.1 Å². The maximum atomic E-state index is 12.8. The molecule has 8 heteroatoms. The SMILES string of the molecule is CCc1ccccc1NC(=O)CNC(=O)C(C)(C)S(=O)(=O)c1ccc(Br)cc1. The third-order valence-corrected chi connectivity index (χ3v) is 7.37. The maximum Gasteiger partial charge on any atom is 0.243 e. The Balaban J connectivity index is 2.06. The van der Waals surface area contributed by atoms with Crippen molar-refractivity contribution in [3.8, 4) is 0 Å². The molecule has 2 N–H and O–H groups in total. The van der Waals surface area contributed by atoms with E-state index in [1.54, 1.807) is 24.3 Å². The number of rotatable bonds is 7. The highest BCUT2D eigenvalue weighted by molar-refractivity contribution is 9.10. The van der Waals surface area contributed by atoms with Crippen molar-refractivity contribution < 1.29 is 18.0 Å². The topological polar surface area (TPSA) is 92.3 Å². The number of aryl methyl sites for hydroxylation is 1. The summed E-state index contributed by atoms with van der Waals surface area (Å²) in [5, 5.41) is 5.16. The fourth-order valence-corrected chi connectivity index (χ4v) is 4.21. The van der Waals surface area contributed by atoms with E-state index in [0.717, 1.165) is 16.5 Å². The average molecular weight is 467 g/mol. The van der Waals surface area contributed by atoms with E-state index >= 15 is 0 Å². The van der Waals surface area contributed by atoms with Crippen LogP contribution in [0.3, 0.4) is 0 Å². The van der Waals surface area contributed by atoms with Crippen LogP contribution in [0.5, 0.6) is 0 Å². The molecule has 0 saturated heterocycles. The summed E-state index contributed by atoms with van der Waals surface area (Å²) in [5.41, 5.74) is 1.64. The van der Waals surface area contributed by atoms with Crippen molar-refractivity contribution in [2.24, 2.45) is 0 Å². The highest BCUT2D eigenvalue weighted by Gasteiger charge is 2.42. The lowest BCUT2D eigenvalue weighted by Crippen LogP contribution is -2.49. The first kappa shape index (κ1) is 22.1. The summed E-state index contributed by atoms with van der Waals surface area (Å²) >= 11 is 3.25. The van der Waals surface area contributed by atoms with Crippen LogP contribution in [0, 0.1) is 0 Å². The van der Waals surface area contributed by atoms with E-state index in [9.17, 15) is 18.0 Å². The summed E-state index contributed by atoms with van der Waals surface area (Å²) in [4.78, 5) is 24.8. The first-order chi connectivity index (χ1) is 13.1. The van der Waals surface area contributed by atoms with E-state index < -0.39 is 26.4 Å². The summed E-state index contributed by atoms with van der Waals surface area (Å²) < 4.78 is 24.7. The summed E-state index contributed by atoms with van der Waals surface area (Å²) in [7, 11) is -3.94. The molecule has 0 saturated carbocycles. The van der Waals surface area contributed by atoms with Crippen LogP contribution in [0.2, 0.25) is 0 Å². The Kier molecular flexibility index (Phi) is 7.01. The quantitative estimate of drug-likeness (QED) is 0.654. The fourth-order valence-electron chi connectivity index (χ4n) is 2.55. The molecule has 2 rings (SSSR count). The van der Waals surface area contributed by atoms with E-state index in [1.807, 2.05) is 19.1 Å². The monoisotopic (exact) mass is 466 g/mol. The molecule has 6 nitrogen and oxygen atoms in total. The number of para-hydroxylation sites is 1. The van der Waals surface area contributed by atoms with Gasteiger partial charge in [-0.25, -0.2) is 8.42 Å². The Morgan fingerprint density at radius 3 is 2.25 bits per heavy atom. The average Bonchev–Trinajstić information content (AvgIpc) is 2.66. The van der Waals surface area contributed by atoms with Crippen molar-refractivity contribution in [1.82, 2.24) is 5.32 Å². The largest absolute Gasteiger partial charge is 0.346 e. The number of nitrogens with one attached hydrogen (secondary N) is 2. The highest BCUT2D eigenvalue weighted by Crippen LogP contribution is 2.26. The lowest BCUT2D eigenvalue weighted by atomic mass is 10.1. The first-order valence-corrected chi connectivity index (χ1v) is 11.0. The van der Waals surface area contributed by atoms with E-state index in [0.29, 0.717) is 5.69 Å². The normalized spacial score (nSPS) is 11.7. The lowest BCUT2D eigenvalue weighted by molar-refractivity contribution is -0.125. The van der Waals surface area contributed by atoms with Gasteiger partial charge in [0.25, 0.3) is 0 Å². The number of anilines is 1. The first-order valence-electron chi connectivity index (χ1n) is 8.76. The number of sulfone groups is 1. The molecule has 0 unspecified atom stereocenters. The van der Waals surface area contributed by atoms with E-state index in [1.165, 1.54) is 26.0 Å². The zero-order chi connectivity index (χ0) is 20.9. The van der Waals surface area contributed by atoms with Crippen molar-refractivity contribution in [1.29, 1.82) is 0 Å². The van der Waals surface area contributed by atoms with Gasteiger partial charge in [-0.05, 0) is 56.2 Å². The minimum Gasteiger partial charge on any atom is -0.346 e. The molecule has 0 aliphatic heterocycles. The predicted molar refractivity (Wildman–Crippen MR) is 113 cm³/mol. The van der Waals surface area contributed by atoms with Crippen molar-refractivity contribution in [2.45, 2.75) is 36.8 Å². The Hall–Kier alpha value is -2.19. The van der Waals surface area contributed by atoms with Crippen LogP contribution >= 0.6 is 15.9 Å². The second-order valence-corrected chi connectivity index (χ2v) is 10.1. The molecule has 0 aliphatic rings. The molecule has 0 heterocycles. The van der Waals surface area contributed by atoms with Gasteiger partial charge < -0.3 is 10.6 Å². The lowest BCUT2D eigenvalue weighted by Gasteiger charge is -2.24.